The van der Waals surface area contributed by atoms with Crippen LogP contribution >= 0.6 is 49.6 Å². The van der Waals surface area contributed by atoms with E-state index in [1.807, 2.05) is 0 Å². The summed E-state index contributed by atoms with van der Waals surface area (Å²) in [6.45, 7) is 1.90. The lowest BCUT2D eigenvalue weighted by molar-refractivity contribution is -0.0622. The molecule has 31 heavy (non-hydrogen) atoms. The zero-order valence-electron chi connectivity index (χ0n) is 16.8. The van der Waals surface area contributed by atoms with Crippen molar-refractivity contribution in [2.75, 3.05) is 56.2 Å². The molecule has 0 fully saturated rings. The Hall–Kier alpha value is -1.72. The molecule has 2 rings (SSSR count). The molecule has 0 saturated carbocycles. The molecule has 2 aromatic rings. The van der Waals surface area contributed by atoms with Crippen LogP contribution in [-0.4, -0.2) is 38.7 Å². The monoisotopic (exact) mass is 524 g/mol. The quantitative estimate of drug-likeness (QED) is 0.197. The summed E-state index contributed by atoms with van der Waals surface area (Å²) in [5.74, 6) is 1.13. The molecule has 0 atom stereocenters. The molecule has 0 spiro atoms. The molecule has 0 unspecified atom stereocenters. The Kier molecular flexibility index (Phi) is 23.9. The third kappa shape index (κ3) is 14.1. The molecule has 13 heteroatoms. The molecule has 0 aromatic heterocycles. The number of hydrogen-bond acceptors (Lipinski definition) is 8. The average Bonchev–Trinajstić information content (AvgIpc) is 2.62. The Balaban J connectivity index is -0.000000729. The first-order valence-corrected chi connectivity index (χ1v) is 8.27. The van der Waals surface area contributed by atoms with Crippen molar-refractivity contribution in [3.05, 3.63) is 36.4 Å². The van der Waals surface area contributed by atoms with E-state index in [0.29, 0.717) is 67.1 Å². The lowest BCUT2D eigenvalue weighted by atomic mass is 10.2. The summed E-state index contributed by atoms with van der Waals surface area (Å²) in [6, 6.07) is 10.2. The Labute approximate surface area is 207 Å². The maximum atomic E-state index is 5.80. The van der Waals surface area contributed by atoms with Gasteiger partial charge in [-0.2, -0.15) is 0 Å². The van der Waals surface area contributed by atoms with E-state index in [2.05, 4.69) is 0 Å². The minimum absolute atomic E-state index is 0. The fourth-order valence-corrected chi connectivity index (χ4v) is 2.08. The van der Waals surface area contributed by atoms with Gasteiger partial charge in [0.2, 0.25) is 0 Å². The van der Waals surface area contributed by atoms with Crippen molar-refractivity contribution in [3.8, 4) is 11.5 Å². The third-order valence-corrected chi connectivity index (χ3v) is 3.42. The normalized spacial score (nSPS) is 8.90. The van der Waals surface area contributed by atoms with Gasteiger partial charge in [-0.1, -0.05) is 0 Å². The highest BCUT2D eigenvalue weighted by Crippen LogP contribution is 2.24. The largest absolute Gasteiger partial charge is 0.491 e. The van der Waals surface area contributed by atoms with Crippen molar-refractivity contribution >= 4 is 72.4 Å². The van der Waals surface area contributed by atoms with Gasteiger partial charge in [-0.3, -0.25) is 0 Å². The van der Waals surface area contributed by atoms with Crippen LogP contribution in [0.2, 0.25) is 0 Å². The van der Waals surface area contributed by atoms with Crippen LogP contribution in [0.15, 0.2) is 36.4 Å². The Morgan fingerprint density at radius 2 is 1.03 bits per heavy atom. The number of benzene rings is 2. The minimum Gasteiger partial charge on any atom is -0.491 e. The van der Waals surface area contributed by atoms with Crippen LogP contribution in [0.1, 0.15) is 6.42 Å². The number of nitrogen functional groups attached to an aromatic ring is 4. The second-order valence-corrected chi connectivity index (χ2v) is 5.58. The summed E-state index contributed by atoms with van der Waals surface area (Å²) in [7, 11) is 0. The maximum absolute atomic E-state index is 5.80. The molecule has 9 nitrogen and oxygen atoms in total. The molecule has 0 radical (unpaired) electrons. The second-order valence-electron chi connectivity index (χ2n) is 5.58. The van der Waals surface area contributed by atoms with Crippen molar-refractivity contribution in [3.63, 3.8) is 0 Å². The first-order valence-electron chi connectivity index (χ1n) is 8.27. The average molecular weight is 526 g/mol. The molecule has 0 bridgehead atoms. The van der Waals surface area contributed by atoms with Crippen LogP contribution in [0.25, 0.3) is 0 Å². The number of ether oxygens (including phenoxy) is 4. The van der Waals surface area contributed by atoms with Crippen LogP contribution in [0, 0.1) is 0 Å². The summed E-state index contributed by atoms with van der Waals surface area (Å²) in [5, 5.41) is 0. The highest BCUT2D eigenvalue weighted by atomic mass is 35.5. The maximum Gasteiger partial charge on any atom is 0.146 e. The predicted molar refractivity (Wildman–Crippen MR) is 136 cm³/mol. The summed E-state index contributed by atoms with van der Waals surface area (Å²) >= 11 is 0. The fraction of sp³-hybridized carbons (Fsp3) is 0.333. The molecule has 0 heterocycles. The molecule has 0 aliphatic heterocycles. The van der Waals surface area contributed by atoms with E-state index in [-0.39, 0.29) is 61.9 Å². The van der Waals surface area contributed by atoms with Gasteiger partial charge in [0.05, 0.1) is 31.2 Å². The van der Waals surface area contributed by atoms with Gasteiger partial charge in [-0.15, -0.1) is 49.6 Å². The third-order valence-electron chi connectivity index (χ3n) is 3.42. The fourth-order valence-electron chi connectivity index (χ4n) is 2.08. The number of rotatable bonds is 11. The molecule has 0 aliphatic carbocycles. The molecule has 10 N–H and O–H groups in total. The lowest BCUT2D eigenvalue weighted by Crippen LogP contribution is -2.11. The van der Waals surface area contributed by atoms with Crippen LogP contribution in [0.4, 0.5) is 22.7 Å². The predicted octanol–water partition coefficient (Wildman–Crippen LogP) is 2.72. The van der Waals surface area contributed by atoms with Crippen LogP contribution in [0.5, 0.6) is 11.5 Å². The Morgan fingerprint density at radius 3 is 1.55 bits per heavy atom. The van der Waals surface area contributed by atoms with Gasteiger partial charge < -0.3 is 47.4 Å². The minimum atomic E-state index is 0. The van der Waals surface area contributed by atoms with E-state index in [0.717, 1.165) is 0 Å². The van der Waals surface area contributed by atoms with E-state index < -0.39 is 0 Å². The molecular weight excluding hydrogens is 494 g/mol. The van der Waals surface area contributed by atoms with E-state index in [9.17, 15) is 0 Å². The van der Waals surface area contributed by atoms with Gasteiger partial charge in [-0.25, -0.2) is 0 Å². The van der Waals surface area contributed by atoms with E-state index in [1.165, 1.54) is 0 Å². The first kappa shape index (κ1) is 36.6. The number of hydrogen-bond donors (Lipinski definition) is 4. The summed E-state index contributed by atoms with van der Waals surface area (Å²) < 4.78 is 21.8. The molecule has 182 valence electrons. The van der Waals surface area contributed by atoms with E-state index >= 15 is 0 Å². The summed E-state index contributed by atoms with van der Waals surface area (Å²) in [4.78, 5) is 0. The van der Waals surface area contributed by atoms with E-state index in [1.54, 1.807) is 36.4 Å². The summed E-state index contributed by atoms with van der Waals surface area (Å²) in [6.07, 6.45) is 0.702. The van der Waals surface area contributed by atoms with Crippen LogP contribution in [0.3, 0.4) is 0 Å². The first-order chi connectivity index (χ1) is 12.6. The molecular formula is C18H32Cl4N4O5. The molecule has 0 saturated heterocycles. The Bertz CT molecular complexity index is 657. The van der Waals surface area contributed by atoms with Crippen molar-refractivity contribution in [2.24, 2.45) is 0 Å². The van der Waals surface area contributed by atoms with Gasteiger partial charge in [0.25, 0.3) is 0 Å². The van der Waals surface area contributed by atoms with Crippen molar-refractivity contribution < 1.29 is 24.4 Å². The summed E-state index contributed by atoms with van der Waals surface area (Å²) in [5.41, 5.74) is 25.3. The van der Waals surface area contributed by atoms with Gasteiger partial charge in [-0.05, 0) is 24.3 Å². The van der Waals surface area contributed by atoms with Gasteiger partial charge in [0, 0.05) is 29.9 Å². The van der Waals surface area contributed by atoms with Crippen molar-refractivity contribution in [1.29, 1.82) is 0 Å². The van der Waals surface area contributed by atoms with Gasteiger partial charge >= 0.3 is 0 Å². The highest BCUT2D eigenvalue weighted by molar-refractivity contribution is 5.86. The van der Waals surface area contributed by atoms with Crippen LogP contribution in [-0.2, 0) is 9.47 Å². The SMILES string of the molecule is Cl.Cl.Cl.Cl.Nc1ccc(N)c(OCCCOCOCCOc2cc(N)ccc2N)c1.O. The number of anilines is 4. The smallest absolute Gasteiger partial charge is 0.146 e. The Morgan fingerprint density at radius 1 is 0.581 bits per heavy atom. The van der Waals surface area contributed by atoms with Crippen molar-refractivity contribution in [2.45, 2.75) is 6.42 Å². The topological polar surface area (TPSA) is 172 Å². The lowest BCUT2D eigenvalue weighted by Gasteiger charge is -2.11. The van der Waals surface area contributed by atoms with Gasteiger partial charge in [0.15, 0.2) is 0 Å². The zero-order chi connectivity index (χ0) is 18.8. The van der Waals surface area contributed by atoms with Crippen LogP contribution < -0.4 is 32.4 Å². The zero-order valence-corrected chi connectivity index (χ0v) is 20.0. The molecule has 2 aromatic carbocycles. The van der Waals surface area contributed by atoms with Gasteiger partial charge in [0.1, 0.15) is 24.9 Å². The molecule has 0 amide bonds. The van der Waals surface area contributed by atoms with E-state index in [4.69, 9.17) is 41.9 Å². The highest BCUT2D eigenvalue weighted by Gasteiger charge is 2.02. The van der Waals surface area contributed by atoms with Crippen molar-refractivity contribution in [1.82, 2.24) is 0 Å². The second kappa shape index (κ2) is 20.2. The number of halogens is 4. The standard InChI is InChI=1S/C18H26N4O4.4ClH.H2O/c19-13-2-4-15(21)17(10-13)25-7-1-6-23-12-24-8-9-26-18-11-14(20)3-5-16(18)22;;;;;/h2-5,10-11H,1,6-9,12,19-22H2;4*1H;1H2. The molecule has 0 aliphatic rings. The number of nitrogens with two attached hydrogens (primary N) is 4.